The van der Waals surface area contributed by atoms with Crippen LogP contribution in [0.4, 0.5) is 13.2 Å². The van der Waals surface area contributed by atoms with Gasteiger partial charge >= 0.3 is 12.3 Å². The minimum Gasteiger partial charge on any atom is -0.479 e. The summed E-state index contributed by atoms with van der Waals surface area (Å²) >= 11 is 0. The zero-order valence-electron chi connectivity index (χ0n) is 11.9. The summed E-state index contributed by atoms with van der Waals surface area (Å²) in [6.07, 6.45) is -5.87. The summed E-state index contributed by atoms with van der Waals surface area (Å²) in [4.78, 5) is 24.3. The fourth-order valence-corrected chi connectivity index (χ4v) is 2.12. The highest BCUT2D eigenvalue weighted by Crippen LogP contribution is 2.23. The van der Waals surface area contributed by atoms with Crippen molar-refractivity contribution < 1.29 is 37.3 Å². The number of carboxylic acid groups (broad SMARTS) is 1. The van der Waals surface area contributed by atoms with Gasteiger partial charge in [0.15, 0.2) is 6.10 Å². The average Bonchev–Trinajstić information content (AvgIpc) is 2.48. The largest absolute Gasteiger partial charge is 0.573 e. The van der Waals surface area contributed by atoms with Crippen LogP contribution in [0.25, 0.3) is 0 Å². The summed E-state index contributed by atoms with van der Waals surface area (Å²) in [5, 5.41) is 8.88. The molecule has 0 radical (unpaired) electrons. The molecule has 1 saturated heterocycles. The second-order valence-electron chi connectivity index (χ2n) is 4.91. The van der Waals surface area contributed by atoms with E-state index < -0.39 is 18.4 Å². The Morgan fingerprint density at radius 3 is 2.52 bits per heavy atom. The fraction of sp³-hybridized carbons (Fsp3) is 0.429. The lowest BCUT2D eigenvalue weighted by Crippen LogP contribution is -2.49. The molecule has 126 valence electrons. The van der Waals surface area contributed by atoms with Gasteiger partial charge in [-0.3, -0.25) is 4.79 Å². The Labute approximate surface area is 129 Å². The Morgan fingerprint density at radius 1 is 1.30 bits per heavy atom. The Bertz CT molecular complexity index is 573. The minimum atomic E-state index is -4.77. The topological polar surface area (TPSA) is 76.1 Å². The molecule has 1 aliphatic heterocycles. The Hall–Kier alpha value is -2.29. The van der Waals surface area contributed by atoms with Gasteiger partial charge in [0.1, 0.15) is 5.75 Å². The first-order valence-electron chi connectivity index (χ1n) is 6.71. The van der Waals surface area contributed by atoms with Crippen molar-refractivity contribution in [3.8, 4) is 5.75 Å². The van der Waals surface area contributed by atoms with Gasteiger partial charge in [-0.05, 0) is 17.7 Å². The maximum Gasteiger partial charge on any atom is 0.573 e. The van der Waals surface area contributed by atoms with Crippen molar-refractivity contribution in [2.24, 2.45) is 0 Å². The van der Waals surface area contributed by atoms with Crippen LogP contribution in [0, 0.1) is 0 Å². The summed E-state index contributed by atoms with van der Waals surface area (Å²) in [5.41, 5.74) is 0.503. The monoisotopic (exact) mass is 333 g/mol. The number of carbonyl (C=O) groups excluding carboxylic acids is 1. The third kappa shape index (κ3) is 5.13. The van der Waals surface area contributed by atoms with Crippen molar-refractivity contribution in [2.75, 3.05) is 19.7 Å². The number of halogens is 3. The second-order valence-corrected chi connectivity index (χ2v) is 4.91. The van der Waals surface area contributed by atoms with E-state index in [2.05, 4.69) is 4.74 Å². The van der Waals surface area contributed by atoms with E-state index >= 15 is 0 Å². The zero-order valence-corrected chi connectivity index (χ0v) is 11.9. The minimum absolute atomic E-state index is 0.0430. The Balaban J connectivity index is 1.93. The van der Waals surface area contributed by atoms with Crippen molar-refractivity contribution in [1.29, 1.82) is 0 Å². The molecule has 1 fully saturated rings. The highest BCUT2D eigenvalue weighted by Gasteiger charge is 2.31. The molecule has 0 aliphatic carbocycles. The number of hydrogen-bond donors (Lipinski definition) is 1. The van der Waals surface area contributed by atoms with Crippen LogP contribution in [0.5, 0.6) is 5.75 Å². The molecule has 1 N–H and O–H groups in total. The van der Waals surface area contributed by atoms with Crippen molar-refractivity contribution >= 4 is 11.9 Å². The third-order valence-corrected chi connectivity index (χ3v) is 3.21. The number of alkyl halides is 3. The molecular formula is C14H14F3NO5. The normalized spacial score (nSPS) is 18.6. The molecule has 6 nitrogen and oxygen atoms in total. The maximum absolute atomic E-state index is 12.1. The van der Waals surface area contributed by atoms with Crippen molar-refractivity contribution in [1.82, 2.24) is 4.90 Å². The highest BCUT2D eigenvalue weighted by molar-refractivity contribution is 5.80. The molecule has 1 aromatic carbocycles. The molecule has 1 atom stereocenters. The Morgan fingerprint density at radius 2 is 1.96 bits per heavy atom. The van der Waals surface area contributed by atoms with Crippen LogP contribution >= 0.6 is 0 Å². The number of nitrogens with zero attached hydrogens (tertiary/aromatic N) is 1. The first kappa shape index (κ1) is 17.1. The number of morpholine rings is 1. The first-order valence-corrected chi connectivity index (χ1v) is 6.71. The van der Waals surface area contributed by atoms with Crippen LogP contribution in [0.1, 0.15) is 5.56 Å². The van der Waals surface area contributed by atoms with Gasteiger partial charge in [-0.25, -0.2) is 4.79 Å². The van der Waals surface area contributed by atoms with Gasteiger partial charge in [0.05, 0.1) is 19.6 Å². The standard InChI is InChI=1S/C14H14F3NO5/c15-14(16,17)23-10-3-1-9(2-4-10)7-12(19)18-5-6-22-11(8-18)13(20)21/h1-4,11H,5-8H2,(H,20,21)/t11-/m1/s1. The molecule has 1 aliphatic rings. The molecule has 0 unspecified atom stereocenters. The molecule has 0 spiro atoms. The van der Waals surface area contributed by atoms with Gasteiger partial charge in [-0.1, -0.05) is 12.1 Å². The Kier molecular flexibility index (Phi) is 5.09. The van der Waals surface area contributed by atoms with E-state index in [1.807, 2.05) is 0 Å². The molecule has 9 heteroatoms. The van der Waals surface area contributed by atoms with Gasteiger partial charge in [0.2, 0.25) is 5.91 Å². The van der Waals surface area contributed by atoms with E-state index in [0.29, 0.717) is 5.56 Å². The number of amides is 1. The number of ether oxygens (including phenoxy) is 2. The molecule has 1 heterocycles. The maximum atomic E-state index is 12.1. The predicted molar refractivity (Wildman–Crippen MR) is 70.8 cm³/mol. The van der Waals surface area contributed by atoms with E-state index in [9.17, 15) is 22.8 Å². The van der Waals surface area contributed by atoms with Crippen LogP contribution in [-0.4, -0.2) is 54.0 Å². The molecule has 2 rings (SSSR count). The lowest BCUT2D eigenvalue weighted by Gasteiger charge is -2.31. The van der Waals surface area contributed by atoms with E-state index in [1.165, 1.54) is 17.0 Å². The van der Waals surface area contributed by atoms with E-state index in [-0.39, 0.29) is 37.8 Å². The van der Waals surface area contributed by atoms with Crippen LogP contribution in [-0.2, 0) is 20.7 Å². The molecule has 1 amide bonds. The quantitative estimate of drug-likeness (QED) is 0.902. The lowest BCUT2D eigenvalue weighted by molar-refractivity contribution is -0.274. The van der Waals surface area contributed by atoms with Gasteiger partial charge in [0, 0.05) is 6.54 Å². The summed E-state index contributed by atoms with van der Waals surface area (Å²) in [6, 6.07) is 4.95. The number of rotatable bonds is 4. The van der Waals surface area contributed by atoms with Crippen molar-refractivity contribution in [3.05, 3.63) is 29.8 Å². The van der Waals surface area contributed by atoms with Gasteiger partial charge in [0.25, 0.3) is 0 Å². The second kappa shape index (κ2) is 6.86. The van der Waals surface area contributed by atoms with Crippen LogP contribution in [0.3, 0.4) is 0 Å². The molecule has 23 heavy (non-hydrogen) atoms. The number of carbonyl (C=O) groups is 2. The molecular weight excluding hydrogens is 319 g/mol. The van der Waals surface area contributed by atoms with Gasteiger partial charge in [-0.2, -0.15) is 0 Å². The highest BCUT2D eigenvalue weighted by atomic mass is 19.4. The SMILES string of the molecule is O=C(O)[C@H]1CN(C(=O)Cc2ccc(OC(F)(F)F)cc2)CCO1. The molecule has 0 saturated carbocycles. The summed E-state index contributed by atoms with van der Waals surface area (Å²) in [7, 11) is 0. The van der Waals surface area contributed by atoms with Crippen LogP contribution in [0.15, 0.2) is 24.3 Å². The molecule has 1 aromatic rings. The van der Waals surface area contributed by atoms with E-state index in [4.69, 9.17) is 9.84 Å². The summed E-state index contributed by atoms with van der Waals surface area (Å²) < 4.78 is 44.9. The van der Waals surface area contributed by atoms with E-state index in [1.54, 1.807) is 0 Å². The van der Waals surface area contributed by atoms with Gasteiger partial charge < -0.3 is 19.5 Å². The number of hydrogen-bond acceptors (Lipinski definition) is 4. The van der Waals surface area contributed by atoms with Crippen molar-refractivity contribution in [2.45, 2.75) is 18.9 Å². The number of aliphatic carboxylic acids is 1. The molecule has 0 aromatic heterocycles. The van der Waals surface area contributed by atoms with Crippen LogP contribution in [0.2, 0.25) is 0 Å². The number of benzene rings is 1. The predicted octanol–water partition coefficient (Wildman–Crippen LogP) is 1.44. The van der Waals surface area contributed by atoms with Crippen LogP contribution < -0.4 is 4.74 Å². The summed E-state index contributed by atoms with van der Waals surface area (Å²) in [6.45, 7) is 0.350. The van der Waals surface area contributed by atoms with Crippen molar-refractivity contribution in [3.63, 3.8) is 0 Å². The fourth-order valence-electron chi connectivity index (χ4n) is 2.12. The van der Waals surface area contributed by atoms with E-state index in [0.717, 1.165) is 12.1 Å². The number of carboxylic acids is 1. The smallest absolute Gasteiger partial charge is 0.479 e. The van der Waals surface area contributed by atoms with Gasteiger partial charge in [-0.15, -0.1) is 13.2 Å². The lowest BCUT2D eigenvalue weighted by atomic mass is 10.1. The zero-order chi connectivity index (χ0) is 17.0. The average molecular weight is 333 g/mol. The summed E-state index contributed by atoms with van der Waals surface area (Å²) in [5.74, 6) is -1.83. The molecule has 0 bridgehead atoms. The first-order chi connectivity index (χ1) is 10.7. The third-order valence-electron chi connectivity index (χ3n) is 3.21.